The summed E-state index contributed by atoms with van der Waals surface area (Å²) in [5.74, 6) is 0. The second kappa shape index (κ2) is 13.1. The Morgan fingerprint density at radius 3 is 1.09 bits per heavy atom. The lowest BCUT2D eigenvalue weighted by molar-refractivity contribution is 1.15. The van der Waals surface area contributed by atoms with Gasteiger partial charge in [0.2, 0.25) is 0 Å². The summed E-state index contributed by atoms with van der Waals surface area (Å²) in [4.78, 5) is 0. The lowest BCUT2D eigenvalue weighted by Crippen LogP contribution is -2.00. The van der Waals surface area contributed by atoms with E-state index in [0.29, 0.717) is 0 Å². The number of para-hydroxylation sites is 7. The number of nitrogens with zero attached hydrogens (tertiary/aromatic N) is 4. The fraction of sp³-hybridized carbons (Fsp3) is 0. The first-order chi connectivity index (χ1) is 32.3. The number of hydrogen-bond acceptors (Lipinski definition) is 1. The van der Waals surface area contributed by atoms with Crippen LogP contribution in [0.2, 0.25) is 0 Å². The van der Waals surface area contributed by atoms with Crippen molar-refractivity contribution in [2.24, 2.45) is 0 Å². The molecule has 15 rings (SSSR count). The molecule has 0 bridgehead atoms. The second-order valence-corrected chi connectivity index (χ2v) is 18.3. The Balaban J connectivity index is 1.08. The first kappa shape index (κ1) is 35.1. The molecule has 65 heavy (non-hydrogen) atoms. The van der Waals surface area contributed by atoms with Gasteiger partial charge in [0.05, 0.1) is 60.2 Å². The van der Waals surface area contributed by atoms with Crippen molar-refractivity contribution in [3.63, 3.8) is 0 Å². The van der Waals surface area contributed by atoms with Crippen molar-refractivity contribution in [3.8, 4) is 22.7 Å². The third-order valence-corrected chi connectivity index (χ3v) is 15.1. The summed E-state index contributed by atoms with van der Waals surface area (Å²) in [5.41, 5.74) is 14.2. The summed E-state index contributed by atoms with van der Waals surface area (Å²) in [5, 5.41) is 12.5. The molecule has 5 heterocycles. The molecule has 0 aliphatic heterocycles. The highest BCUT2D eigenvalue weighted by Gasteiger charge is 2.23. The number of aromatic nitrogens is 4. The van der Waals surface area contributed by atoms with Crippen molar-refractivity contribution in [1.82, 2.24) is 18.3 Å². The van der Waals surface area contributed by atoms with Crippen LogP contribution in [-0.4, -0.2) is 18.3 Å². The normalized spacial score (nSPS) is 12.3. The van der Waals surface area contributed by atoms with Gasteiger partial charge < -0.3 is 18.3 Å². The topological polar surface area (TPSA) is 19.7 Å². The van der Waals surface area contributed by atoms with Crippen LogP contribution >= 0.6 is 11.3 Å². The maximum absolute atomic E-state index is 2.51. The molecule has 302 valence electrons. The predicted octanol–water partition coefficient (Wildman–Crippen LogP) is 16.4. The van der Waals surface area contributed by atoms with Crippen molar-refractivity contribution in [2.45, 2.75) is 0 Å². The van der Waals surface area contributed by atoms with Crippen LogP contribution in [-0.2, 0) is 0 Å². The van der Waals surface area contributed by atoms with Gasteiger partial charge in [0.15, 0.2) is 0 Å². The van der Waals surface area contributed by atoms with E-state index in [4.69, 9.17) is 0 Å². The van der Waals surface area contributed by atoms with Crippen LogP contribution in [0.3, 0.4) is 0 Å². The molecule has 0 fully saturated rings. The van der Waals surface area contributed by atoms with E-state index in [-0.39, 0.29) is 0 Å². The van der Waals surface area contributed by atoms with Gasteiger partial charge in [-0.1, -0.05) is 133 Å². The molecule has 0 amide bonds. The minimum Gasteiger partial charge on any atom is -0.309 e. The van der Waals surface area contributed by atoms with E-state index in [1.165, 1.54) is 119 Å². The molecule has 4 nitrogen and oxygen atoms in total. The summed E-state index contributed by atoms with van der Waals surface area (Å²) in [6, 6.07) is 80.7. The summed E-state index contributed by atoms with van der Waals surface area (Å²) in [7, 11) is 0. The highest BCUT2D eigenvalue weighted by Crippen LogP contribution is 2.47. The Morgan fingerprint density at radius 2 is 0.615 bits per heavy atom. The maximum atomic E-state index is 2.51. The van der Waals surface area contributed by atoms with Crippen LogP contribution in [0.4, 0.5) is 0 Å². The van der Waals surface area contributed by atoms with Crippen LogP contribution in [0, 0.1) is 0 Å². The molecule has 0 unspecified atom stereocenters. The molecule has 0 spiro atoms. The number of benzene rings is 10. The molecule has 5 aromatic heterocycles. The predicted molar refractivity (Wildman–Crippen MR) is 277 cm³/mol. The van der Waals surface area contributed by atoms with Crippen molar-refractivity contribution < 1.29 is 0 Å². The molecule has 0 atom stereocenters. The molecule has 10 aromatic carbocycles. The molecular weight excluding hydrogens is 809 g/mol. The average molecular weight is 845 g/mol. The Labute approximate surface area is 376 Å². The second-order valence-electron chi connectivity index (χ2n) is 17.3. The standard InChI is InChI=1S/C60H36N4S/c1-8-23-48-39(16-1)40-17-2-9-24-49(40)61(48)37-32-33-55-46(34-37)45-22-7-10-25-50(45)62(55)38-35-47-59-56(63-51-26-11-3-18-41(51)42-19-4-12-27-52(42)63)30-15-31-58(59)65-60(47)57(36-38)64-53-28-13-5-20-43(53)44-21-6-14-29-54(44)64/h1-36H. The van der Waals surface area contributed by atoms with Gasteiger partial charge in [-0.15, -0.1) is 11.3 Å². The van der Waals surface area contributed by atoms with Gasteiger partial charge in [0.25, 0.3) is 0 Å². The molecule has 0 N–H and O–H groups in total. The van der Waals surface area contributed by atoms with Gasteiger partial charge in [-0.2, -0.15) is 0 Å². The van der Waals surface area contributed by atoms with E-state index in [1.54, 1.807) is 0 Å². The number of rotatable bonds is 4. The first-order valence-corrected chi connectivity index (χ1v) is 23.1. The Morgan fingerprint density at radius 1 is 0.246 bits per heavy atom. The van der Waals surface area contributed by atoms with Gasteiger partial charge in [-0.25, -0.2) is 0 Å². The van der Waals surface area contributed by atoms with Crippen LogP contribution < -0.4 is 0 Å². The molecule has 5 heteroatoms. The molecule has 0 aliphatic rings. The van der Waals surface area contributed by atoms with Gasteiger partial charge in [0.1, 0.15) is 0 Å². The zero-order valence-corrected chi connectivity index (χ0v) is 35.8. The highest BCUT2D eigenvalue weighted by molar-refractivity contribution is 7.26. The fourth-order valence-corrected chi connectivity index (χ4v) is 12.5. The van der Waals surface area contributed by atoms with E-state index >= 15 is 0 Å². The highest BCUT2D eigenvalue weighted by atomic mass is 32.1. The van der Waals surface area contributed by atoms with Crippen molar-refractivity contribution in [2.75, 3.05) is 0 Å². The van der Waals surface area contributed by atoms with E-state index in [2.05, 4.69) is 237 Å². The van der Waals surface area contributed by atoms with Gasteiger partial charge in [0, 0.05) is 69.9 Å². The van der Waals surface area contributed by atoms with Crippen LogP contribution in [0.15, 0.2) is 218 Å². The zero-order valence-electron chi connectivity index (χ0n) is 35.0. The smallest absolute Gasteiger partial charge is 0.0661 e. The SMILES string of the molecule is c1cc(-n2c3ccccc3c3ccccc32)c2c(c1)sc1c(-n3c4ccccc4c4ccccc43)cc(-n3c4ccccc4c4cc(-n5c6ccccc6c6ccccc65)ccc43)cc12. The third-order valence-electron chi connectivity index (χ3n) is 13.9. The van der Waals surface area contributed by atoms with Crippen molar-refractivity contribution >= 4 is 119 Å². The number of hydrogen-bond donors (Lipinski definition) is 0. The largest absolute Gasteiger partial charge is 0.309 e. The van der Waals surface area contributed by atoms with E-state index in [1.807, 2.05) is 11.3 Å². The Bertz CT molecular complexity index is 4330. The zero-order chi connectivity index (χ0) is 42.3. The van der Waals surface area contributed by atoms with Crippen LogP contribution in [0.1, 0.15) is 0 Å². The summed E-state index contributed by atoms with van der Waals surface area (Å²) < 4.78 is 12.5. The first-order valence-electron chi connectivity index (χ1n) is 22.3. The third kappa shape index (κ3) is 4.74. The molecular formula is C60H36N4S. The molecule has 0 saturated carbocycles. The monoisotopic (exact) mass is 844 g/mol. The molecule has 0 saturated heterocycles. The maximum Gasteiger partial charge on any atom is 0.0661 e. The summed E-state index contributed by atoms with van der Waals surface area (Å²) in [6.07, 6.45) is 0. The summed E-state index contributed by atoms with van der Waals surface area (Å²) >= 11 is 1.90. The van der Waals surface area contributed by atoms with Crippen LogP contribution in [0.25, 0.3) is 130 Å². The Kier molecular flexibility index (Phi) is 7.07. The van der Waals surface area contributed by atoms with Crippen molar-refractivity contribution in [1.29, 1.82) is 0 Å². The van der Waals surface area contributed by atoms with Crippen LogP contribution in [0.5, 0.6) is 0 Å². The lowest BCUT2D eigenvalue weighted by atomic mass is 10.1. The quantitative estimate of drug-likeness (QED) is 0.168. The minimum absolute atomic E-state index is 1.13. The molecule has 15 aromatic rings. The summed E-state index contributed by atoms with van der Waals surface area (Å²) in [6.45, 7) is 0. The van der Waals surface area contributed by atoms with Gasteiger partial charge >= 0.3 is 0 Å². The van der Waals surface area contributed by atoms with E-state index < -0.39 is 0 Å². The van der Waals surface area contributed by atoms with Gasteiger partial charge in [-0.3, -0.25) is 0 Å². The minimum atomic E-state index is 1.13. The average Bonchev–Trinajstić information content (AvgIpc) is 4.17. The Hall–Kier alpha value is -8.38. The van der Waals surface area contributed by atoms with E-state index in [0.717, 1.165) is 11.4 Å². The number of thiophene rings is 1. The lowest BCUT2D eigenvalue weighted by Gasteiger charge is -2.15. The van der Waals surface area contributed by atoms with Gasteiger partial charge in [-0.05, 0) is 84.9 Å². The molecule has 0 radical (unpaired) electrons. The fourth-order valence-electron chi connectivity index (χ4n) is 11.3. The van der Waals surface area contributed by atoms with Crippen molar-refractivity contribution in [3.05, 3.63) is 218 Å². The van der Waals surface area contributed by atoms with E-state index in [9.17, 15) is 0 Å². The number of fused-ring (bicyclic) bond motifs is 15. The molecule has 0 aliphatic carbocycles.